The van der Waals surface area contributed by atoms with E-state index >= 15 is 0 Å². The van der Waals surface area contributed by atoms with E-state index in [9.17, 15) is 0 Å². The number of aromatic nitrogens is 4. The van der Waals surface area contributed by atoms with E-state index < -0.39 is 0 Å². The van der Waals surface area contributed by atoms with Crippen LogP contribution >= 0.6 is 0 Å². The van der Waals surface area contributed by atoms with Gasteiger partial charge in [-0.25, -0.2) is 9.97 Å². The Balaban J connectivity index is 2.32. The van der Waals surface area contributed by atoms with Crippen molar-refractivity contribution in [2.45, 2.75) is 20.3 Å². The highest BCUT2D eigenvalue weighted by Gasteiger charge is 2.09. The van der Waals surface area contributed by atoms with Crippen molar-refractivity contribution in [1.82, 2.24) is 19.9 Å². The van der Waals surface area contributed by atoms with Crippen LogP contribution < -0.4 is 5.73 Å². The molecule has 0 unspecified atom stereocenters. The van der Waals surface area contributed by atoms with Crippen molar-refractivity contribution in [2.24, 2.45) is 5.73 Å². The van der Waals surface area contributed by atoms with Gasteiger partial charge in [0.25, 0.3) is 0 Å². The number of H-pyrrole nitrogens is 2. The lowest BCUT2D eigenvalue weighted by molar-refractivity contribution is 0.894. The molecular formula is C10H15N5. The van der Waals surface area contributed by atoms with Crippen LogP contribution in [0, 0.1) is 13.8 Å². The van der Waals surface area contributed by atoms with E-state index in [0.29, 0.717) is 6.54 Å². The van der Waals surface area contributed by atoms with E-state index in [1.54, 1.807) is 6.20 Å². The van der Waals surface area contributed by atoms with Crippen LogP contribution in [0.3, 0.4) is 0 Å². The van der Waals surface area contributed by atoms with E-state index in [4.69, 9.17) is 5.73 Å². The monoisotopic (exact) mass is 205 g/mol. The summed E-state index contributed by atoms with van der Waals surface area (Å²) in [7, 11) is 0. The third-order valence-electron chi connectivity index (χ3n) is 2.27. The average Bonchev–Trinajstić information content (AvgIpc) is 2.73. The van der Waals surface area contributed by atoms with Crippen LogP contribution in [0.1, 0.15) is 17.3 Å². The van der Waals surface area contributed by atoms with E-state index in [1.165, 1.54) is 0 Å². The summed E-state index contributed by atoms with van der Waals surface area (Å²) in [4.78, 5) is 15.0. The number of nitrogens with two attached hydrogens (primary N) is 1. The van der Waals surface area contributed by atoms with Gasteiger partial charge in [0, 0.05) is 12.1 Å². The molecule has 0 aliphatic rings. The van der Waals surface area contributed by atoms with Gasteiger partial charge in [0.15, 0.2) is 0 Å². The lowest BCUT2D eigenvalue weighted by Crippen LogP contribution is -2.03. The Kier molecular flexibility index (Phi) is 2.55. The van der Waals surface area contributed by atoms with Gasteiger partial charge >= 0.3 is 0 Å². The van der Waals surface area contributed by atoms with Crippen LogP contribution in [-0.4, -0.2) is 26.5 Å². The summed E-state index contributed by atoms with van der Waals surface area (Å²) in [6.07, 6.45) is 2.57. The molecule has 0 atom stereocenters. The third kappa shape index (κ3) is 1.92. The molecule has 0 bridgehead atoms. The summed E-state index contributed by atoms with van der Waals surface area (Å²) in [5.41, 5.74) is 8.39. The van der Waals surface area contributed by atoms with Gasteiger partial charge in [0.05, 0.1) is 11.9 Å². The maximum Gasteiger partial charge on any atom is 0.109 e. The number of aryl methyl sites for hydroxylation is 2. The SMILES string of the molecule is Cc1nc(-c2cnc(CCN)[nH]2)c(C)[nH]1. The normalized spacial score (nSPS) is 10.9. The maximum atomic E-state index is 5.46. The lowest BCUT2D eigenvalue weighted by atomic mass is 10.3. The van der Waals surface area contributed by atoms with Crippen LogP contribution in [0.15, 0.2) is 6.20 Å². The van der Waals surface area contributed by atoms with Gasteiger partial charge in [-0.3, -0.25) is 0 Å². The standard InChI is InChI=1S/C10H15N5/c1-6-10(14-7(2)13-6)8-5-12-9(15-8)3-4-11/h5H,3-4,11H2,1-2H3,(H,12,15)(H,13,14). The molecule has 0 saturated heterocycles. The largest absolute Gasteiger partial charge is 0.346 e. The van der Waals surface area contributed by atoms with Crippen molar-refractivity contribution in [3.05, 3.63) is 23.5 Å². The molecule has 2 aromatic heterocycles. The van der Waals surface area contributed by atoms with Crippen molar-refractivity contribution in [3.63, 3.8) is 0 Å². The van der Waals surface area contributed by atoms with Crippen LogP contribution in [0.5, 0.6) is 0 Å². The number of aromatic amines is 2. The number of hydrogen-bond acceptors (Lipinski definition) is 3. The van der Waals surface area contributed by atoms with Crippen molar-refractivity contribution < 1.29 is 0 Å². The molecule has 0 aliphatic carbocycles. The highest BCUT2D eigenvalue weighted by atomic mass is 15.0. The Morgan fingerprint density at radius 3 is 2.73 bits per heavy atom. The summed E-state index contributed by atoms with van der Waals surface area (Å²) < 4.78 is 0. The summed E-state index contributed by atoms with van der Waals surface area (Å²) in [5.74, 6) is 1.82. The Morgan fingerprint density at radius 1 is 1.33 bits per heavy atom. The van der Waals surface area contributed by atoms with E-state index in [0.717, 1.165) is 35.2 Å². The van der Waals surface area contributed by atoms with Gasteiger partial charge in [-0.1, -0.05) is 0 Å². The minimum Gasteiger partial charge on any atom is -0.346 e. The zero-order chi connectivity index (χ0) is 10.8. The summed E-state index contributed by atoms with van der Waals surface area (Å²) in [6.45, 7) is 4.54. The second kappa shape index (κ2) is 3.86. The van der Waals surface area contributed by atoms with Crippen molar-refractivity contribution in [2.75, 3.05) is 6.54 Å². The first-order chi connectivity index (χ1) is 7.20. The van der Waals surface area contributed by atoms with Crippen molar-refractivity contribution >= 4 is 0 Å². The van der Waals surface area contributed by atoms with Crippen molar-refractivity contribution in [3.8, 4) is 11.4 Å². The first-order valence-corrected chi connectivity index (χ1v) is 4.98. The Hall–Kier alpha value is -1.62. The fourth-order valence-electron chi connectivity index (χ4n) is 1.62. The van der Waals surface area contributed by atoms with E-state index in [1.807, 2.05) is 13.8 Å². The number of nitrogens with one attached hydrogen (secondary N) is 2. The Morgan fingerprint density at radius 2 is 2.13 bits per heavy atom. The fourth-order valence-corrected chi connectivity index (χ4v) is 1.62. The first-order valence-electron chi connectivity index (χ1n) is 4.98. The molecule has 0 saturated carbocycles. The molecule has 0 amide bonds. The highest BCUT2D eigenvalue weighted by molar-refractivity contribution is 5.56. The van der Waals surface area contributed by atoms with Gasteiger partial charge in [0.1, 0.15) is 17.3 Å². The van der Waals surface area contributed by atoms with Crippen LogP contribution in [0.2, 0.25) is 0 Å². The van der Waals surface area contributed by atoms with Gasteiger partial charge in [-0.2, -0.15) is 0 Å². The second-order valence-electron chi connectivity index (χ2n) is 3.58. The highest BCUT2D eigenvalue weighted by Crippen LogP contribution is 2.18. The Labute approximate surface area is 88.1 Å². The minimum absolute atomic E-state index is 0.603. The van der Waals surface area contributed by atoms with Crippen LogP contribution in [-0.2, 0) is 6.42 Å². The third-order valence-corrected chi connectivity index (χ3v) is 2.27. The van der Waals surface area contributed by atoms with Gasteiger partial charge in [0.2, 0.25) is 0 Å². The van der Waals surface area contributed by atoms with Crippen LogP contribution in [0.25, 0.3) is 11.4 Å². The van der Waals surface area contributed by atoms with Gasteiger partial charge < -0.3 is 15.7 Å². The number of imidazole rings is 2. The molecule has 2 heterocycles. The molecule has 2 aromatic rings. The molecular weight excluding hydrogens is 190 g/mol. The molecule has 0 fully saturated rings. The minimum atomic E-state index is 0.603. The van der Waals surface area contributed by atoms with Crippen molar-refractivity contribution in [1.29, 1.82) is 0 Å². The zero-order valence-electron chi connectivity index (χ0n) is 8.96. The number of rotatable bonds is 3. The Bertz CT molecular complexity index is 454. The zero-order valence-corrected chi connectivity index (χ0v) is 8.96. The maximum absolute atomic E-state index is 5.46. The predicted molar refractivity (Wildman–Crippen MR) is 58.4 cm³/mol. The molecule has 0 spiro atoms. The molecule has 5 nitrogen and oxygen atoms in total. The number of hydrogen-bond donors (Lipinski definition) is 3. The second-order valence-corrected chi connectivity index (χ2v) is 3.58. The van der Waals surface area contributed by atoms with Gasteiger partial charge in [-0.05, 0) is 20.4 Å². The average molecular weight is 205 g/mol. The molecule has 0 aliphatic heterocycles. The fraction of sp³-hybridized carbons (Fsp3) is 0.400. The predicted octanol–water partition coefficient (Wildman–Crippen LogP) is 0.918. The van der Waals surface area contributed by atoms with E-state index in [2.05, 4.69) is 19.9 Å². The molecule has 15 heavy (non-hydrogen) atoms. The summed E-state index contributed by atoms with van der Waals surface area (Å²) in [6, 6.07) is 0. The molecule has 80 valence electrons. The van der Waals surface area contributed by atoms with Crippen LogP contribution in [0.4, 0.5) is 0 Å². The lowest BCUT2D eigenvalue weighted by Gasteiger charge is -1.93. The molecule has 5 heteroatoms. The molecule has 0 radical (unpaired) electrons. The smallest absolute Gasteiger partial charge is 0.109 e. The van der Waals surface area contributed by atoms with E-state index in [-0.39, 0.29) is 0 Å². The molecule has 0 aromatic carbocycles. The first kappa shape index (κ1) is 9.92. The van der Waals surface area contributed by atoms with Gasteiger partial charge in [-0.15, -0.1) is 0 Å². The molecule has 4 N–H and O–H groups in total. The quantitative estimate of drug-likeness (QED) is 0.696. The number of nitrogens with zero attached hydrogens (tertiary/aromatic N) is 2. The summed E-state index contributed by atoms with van der Waals surface area (Å²) >= 11 is 0. The topological polar surface area (TPSA) is 83.4 Å². The molecule has 2 rings (SSSR count). The summed E-state index contributed by atoms with van der Waals surface area (Å²) in [5, 5.41) is 0.